The molecule has 3 nitrogen and oxygen atoms in total. The van der Waals surface area contributed by atoms with Crippen molar-refractivity contribution in [2.75, 3.05) is 19.0 Å². The number of hydrogen-bond acceptors (Lipinski definition) is 3. The highest BCUT2D eigenvalue weighted by Crippen LogP contribution is 2.24. The fourth-order valence-electron chi connectivity index (χ4n) is 1.70. The molecular weight excluding hydrogens is 188 g/mol. The molecular formula is C12H16N2O. The van der Waals surface area contributed by atoms with E-state index in [1.165, 1.54) is 12.8 Å². The molecule has 0 bridgehead atoms. The van der Waals surface area contributed by atoms with Gasteiger partial charge in [-0.25, -0.2) is 0 Å². The number of aliphatic imine (C=N–C) groups is 1. The fourth-order valence-corrected chi connectivity index (χ4v) is 1.70. The molecule has 0 aliphatic carbocycles. The lowest BCUT2D eigenvalue weighted by atomic mass is 10.1. The molecule has 15 heavy (non-hydrogen) atoms. The second-order valence-corrected chi connectivity index (χ2v) is 3.61. The summed E-state index contributed by atoms with van der Waals surface area (Å²) < 4.78 is 5.27. The van der Waals surface area contributed by atoms with Crippen molar-refractivity contribution in [1.29, 1.82) is 0 Å². The Bertz CT molecular complexity index is 360. The molecule has 0 saturated heterocycles. The Kier molecular flexibility index (Phi) is 3.22. The second-order valence-electron chi connectivity index (χ2n) is 3.61. The molecule has 1 aromatic carbocycles. The first kappa shape index (κ1) is 10.0. The van der Waals surface area contributed by atoms with Gasteiger partial charge in [0.25, 0.3) is 0 Å². The Balaban J connectivity index is 2.12. The van der Waals surface area contributed by atoms with E-state index in [1.807, 2.05) is 24.3 Å². The summed E-state index contributed by atoms with van der Waals surface area (Å²) in [5.74, 6) is 1.94. The lowest BCUT2D eigenvalue weighted by Gasteiger charge is -2.15. The molecule has 80 valence electrons. The predicted octanol–water partition coefficient (Wildman–Crippen LogP) is 2.69. The van der Waals surface area contributed by atoms with Crippen molar-refractivity contribution >= 4 is 11.5 Å². The van der Waals surface area contributed by atoms with E-state index in [1.54, 1.807) is 7.11 Å². The standard InChI is InChI=1S/C12H16N2O/c1-15-11-7-3-2-6-10(11)14-12-8-4-5-9-13-12/h2-3,6-7H,4-5,8-9H2,1H3,(H,13,14). The van der Waals surface area contributed by atoms with E-state index in [9.17, 15) is 0 Å². The molecule has 0 unspecified atom stereocenters. The van der Waals surface area contributed by atoms with Crippen LogP contribution in [0.4, 0.5) is 5.69 Å². The monoisotopic (exact) mass is 204 g/mol. The maximum atomic E-state index is 5.27. The zero-order valence-corrected chi connectivity index (χ0v) is 8.99. The van der Waals surface area contributed by atoms with Crippen molar-refractivity contribution in [2.24, 2.45) is 4.99 Å². The highest BCUT2D eigenvalue weighted by atomic mass is 16.5. The number of amidine groups is 1. The van der Waals surface area contributed by atoms with E-state index >= 15 is 0 Å². The van der Waals surface area contributed by atoms with Crippen LogP contribution in [0.1, 0.15) is 19.3 Å². The van der Waals surface area contributed by atoms with Gasteiger partial charge in [0.2, 0.25) is 0 Å². The molecule has 1 aliphatic heterocycles. The molecule has 0 atom stereocenters. The van der Waals surface area contributed by atoms with Crippen LogP contribution in [0.5, 0.6) is 5.75 Å². The Morgan fingerprint density at radius 1 is 1.27 bits per heavy atom. The van der Waals surface area contributed by atoms with E-state index in [0.29, 0.717) is 0 Å². The summed E-state index contributed by atoms with van der Waals surface area (Å²) in [5.41, 5.74) is 1.00. The zero-order valence-electron chi connectivity index (χ0n) is 8.99. The number of methoxy groups -OCH3 is 1. The molecule has 0 aromatic heterocycles. The molecule has 0 amide bonds. The minimum absolute atomic E-state index is 0.866. The van der Waals surface area contributed by atoms with Crippen LogP contribution in [0, 0.1) is 0 Å². The van der Waals surface area contributed by atoms with Gasteiger partial charge in [-0.3, -0.25) is 4.99 Å². The van der Waals surface area contributed by atoms with Gasteiger partial charge >= 0.3 is 0 Å². The fraction of sp³-hybridized carbons (Fsp3) is 0.417. The predicted molar refractivity (Wildman–Crippen MR) is 62.8 cm³/mol. The van der Waals surface area contributed by atoms with Crippen molar-refractivity contribution in [3.05, 3.63) is 24.3 Å². The molecule has 1 N–H and O–H groups in total. The van der Waals surface area contributed by atoms with Crippen LogP contribution >= 0.6 is 0 Å². The lowest BCUT2D eigenvalue weighted by molar-refractivity contribution is 0.417. The molecule has 0 saturated carbocycles. The number of para-hydroxylation sites is 2. The number of ether oxygens (including phenoxy) is 1. The van der Waals surface area contributed by atoms with Gasteiger partial charge in [0.15, 0.2) is 0 Å². The molecule has 0 spiro atoms. The van der Waals surface area contributed by atoms with Crippen molar-refractivity contribution in [3.8, 4) is 5.75 Å². The number of rotatable bonds is 2. The van der Waals surface area contributed by atoms with Crippen LogP contribution < -0.4 is 10.1 Å². The SMILES string of the molecule is COc1ccccc1NC1=NCCCC1. The van der Waals surface area contributed by atoms with E-state index in [4.69, 9.17) is 4.74 Å². The first-order valence-corrected chi connectivity index (χ1v) is 5.33. The summed E-state index contributed by atoms with van der Waals surface area (Å²) in [6, 6.07) is 7.92. The number of nitrogens with zero attached hydrogens (tertiary/aromatic N) is 1. The third kappa shape index (κ3) is 2.49. The van der Waals surface area contributed by atoms with Crippen LogP contribution in [-0.2, 0) is 0 Å². The average molecular weight is 204 g/mol. The summed E-state index contributed by atoms with van der Waals surface area (Å²) in [7, 11) is 1.68. The normalized spacial score (nSPS) is 15.7. The van der Waals surface area contributed by atoms with Crippen molar-refractivity contribution in [3.63, 3.8) is 0 Å². The average Bonchev–Trinajstić information content (AvgIpc) is 2.31. The summed E-state index contributed by atoms with van der Waals surface area (Å²) in [5, 5.41) is 3.33. The van der Waals surface area contributed by atoms with Crippen LogP contribution in [-0.4, -0.2) is 19.5 Å². The van der Waals surface area contributed by atoms with Gasteiger partial charge in [0, 0.05) is 13.0 Å². The number of nitrogens with one attached hydrogen (secondary N) is 1. The summed E-state index contributed by atoms with van der Waals surface area (Å²) in [4.78, 5) is 4.45. The van der Waals surface area contributed by atoms with Gasteiger partial charge in [-0.1, -0.05) is 12.1 Å². The number of benzene rings is 1. The van der Waals surface area contributed by atoms with Crippen molar-refractivity contribution < 1.29 is 4.74 Å². The molecule has 1 aromatic rings. The number of anilines is 1. The van der Waals surface area contributed by atoms with Crippen molar-refractivity contribution in [1.82, 2.24) is 0 Å². The maximum absolute atomic E-state index is 5.27. The number of hydrogen-bond donors (Lipinski definition) is 1. The highest BCUT2D eigenvalue weighted by molar-refractivity contribution is 5.96. The Labute approximate surface area is 90.2 Å². The molecule has 1 aliphatic rings. The van der Waals surface area contributed by atoms with Gasteiger partial charge in [-0.05, 0) is 25.0 Å². The second kappa shape index (κ2) is 4.82. The minimum Gasteiger partial charge on any atom is -0.495 e. The quantitative estimate of drug-likeness (QED) is 0.803. The van der Waals surface area contributed by atoms with Gasteiger partial charge < -0.3 is 10.1 Å². The molecule has 3 heteroatoms. The molecule has 1 heterocycles. The third-order valence-corrected chi connectivity index (χ3v) is 2.51. The van der Waals surface area contributed by atoms with E-state index < -0.39 is 0 Å². The smallest absolute Gasteiger partial charge is 0.142 e. The highest BCUT2D eigenvalue weighted by Gasteiger charge is 2.07. The molecule has 0 radical (unpaired) electrons. The Morgan fingerprint density at radius 2 is 2.13 bits per heavy atom. The van der Waals surface area contributed by atoms with Crippen LogP contribution in [0.2, 0.25) is 0 Å². The van der Waals surface area contributed by atoms with Crippen LogP contribution in [0.25, 0.3) is 0 Å². The minimum atomic E-state index is 0.866. The summed E-state index contributed by atoms with van der Waals surface area (Å²) in [6.45, 7) is 0.942. The molecule has 2 rings (SSSR count). The Hall–Kier alpha value is -1.51. The van der Waals surface area contributed by atoms with Crippen LogP contribution in [0.15, 0.2) is 29.3 Å². The lowest BCUT2D eigenvalue weighted by Crippen LogP contribution is -2.16. The first-order chi connectivity index (χ1) is 7.40. The zero-order chi connectivity index (χ0) is 10.5. The third-order valence-electron chi connectivity index (χ3n) is 2.51. The summed E-state index contributed by atoms with van der Waals surface area (Å²) >= 11 is 0. The largest absolute Gasteiger partial charge is 0.495 e. The molecule has 0 fully saturated rings. The van der Waals surface area contributed by atoms with Gasteiger partial charge in [-0.2, -0.15) is 0 Å². The van der Waals surface area contributed by atoms with Gasteiger partial charge in [-0.15, -0.1) is 0 Å². The Morgan fingerprint density at radius 3 is 2.87 bits per heavy atom. The maximum Gasteiger partial charge on any atom is 0.142 e. The van der Waals surface area contributed by atoms with E-state index in [0.717, 1.165) is 30.2 Å². The summed E-state index contributed by atoms with van der Waals surface area (Å²) in [6.07, 6.45) is 3.47. The topological polar surface area (TPSA) is 33.6 Å². The van der Waals surface area contributed by atoms with E-state index in [-0.39, 0.29) is 0 Å². The van der Waals surface area contributed by atoms with E-state index in [2.05, 4.69) is 10.3 Å². The van der Waals surface area contributed by atoms with Crippen LogP contribution in [0.3, 0.4) is 0 Å². The first-order valence-electron chi connectivity index (χ1n) is 5.33. The van der Waals surface area contributed by atoms with Gasteiger partial charge in [0.1, 0.15) is 11.6 Å². The van der Waals surface area contributed by atoms with Gasteiger partial charge in [0.05, 0.1) is 12.8 Å². The van der Waals surface area contributed by atoms with Crippen molar-refractivity contribution in [2.45, 2.75) is 19.3 Å².